The zero-order valence-corrected chi connectivity index (χ0v) is 19.1. The van der Waals surface area contributed by atoms with Crippen LogP contribution in [0.2, 0.25) is 0 Å². The van der Waals surface area contributed by atoms with Crippen molar-refractivity contribution < 1.29 is 5.11 Å². The fourth-order valence-electron chi connectivity index (χ4n) is 5.34. The Morgan fingerprint density at radius 1 is 0.697 bits per heavy atom. The molecule has 2 N–H and O–H groups in total. The van der Waals surface area contributed by atoms with Crippen LogP contribution < -0.4 is 5.32 Å². The van der Waals surface area contributed by atoms with Crippen LogP contribution in [0.1, 0.15) is 35.6 Å². The third kappa shape index (κ3) is 3.90. The molecule has 1 aliphatic rings. The second-order valence-corrected chi connectivity index (χ2v) is 9.14. The van der Waals surface area contributed by atoms with Gasteiger partial charge in [-0.25, -0.2) is 0 Å². The molecular weight excluding hydrogens is 402 g/mol. The van der Waals surface area contributed by atoms with Crippen molar-refractivity contribution in [3.8, 4) is 11.1 Å². The molecule has 0 radical (unpaired) electrons. The largest absolute Gasteiger partial charge is 0.396 e. The second kappa shape index (κ2) is 9.35. The Balaban J connectivity index is 1.63. The maximum Gasteiger partial charge on any atom is 0.0962 e. The maximum atomic E-state index is 10.2. The monoisotopic (exact) mass is 433 g/mol. The number of benzene rings is 4. The first-order chi connectivity index (χ1) is 16.2. The van der Waals surface area contributed by atoms with E-state index in [2.05, 4.69) is 121 Å². The summed E-state index contributed by atoms with van der Waals surface area (Å²) in [6, 6.07) is 39.0. The molecule has 0 aliphatic heterocycles. The van der Waals surface area contributed by atoms with Crippen LogP contribution >= 0.6 is 0 Å². The summed E-state index contributed by atoms with van der Waals surface area (Å²) in [5.74, 6) is 0.120. The number of fused-ring (bicyclic) bond motifs is 3. The number of hydrogen-bond acceptors (Lipinski definition) is 2. The van der Waals surface area contributed by atoms with Gasteiger partial charge in [0.2, 0.25) is 0 Å². The fourth-order valence-corrected chi connectivity index (χ4v) is 5.34. The Morgan fingerprint density at radius 3 is 1.79 bits per heavy atom. The van der Waals surface area contributed by atoms with Crippen molar-refractivity contribution in [1.82, 2.24) is 5.32 Å². The van der Waals surface area contributed by atoms with E-state index in [0.29, 0.717) is 0 Å². The highest BCUT2D eigenvalue weighted by atomic mass is 16.3. The Labute approximate surface area is 196 Å². The Hall–Kier alpha value is -3.20. The number of rotatable bonds is 8. The van der Waals surface area contributed by atoms with E-state index in [1.807, 2.05) is 0 Å². The molecule has 33 heavy (non-hydrogen) atoms. The molecule has 0 aromatic heterocycles. The summed E-state index contributed by atoms with van der Waals surface area (Å²) in [4.78, 5) is 0. The van der Waals surface area contributed by atoms with E-state index in [9.17, 15) is 5.11 Å². The highest BCUT2D eigenvalue weighted by molar-refractivity contribution is 5.83. The van der Waals surface area contributed by atoms with E-state index in [0.717, 1.165) is 12.8 Å². The standard InChI is InChI=1S/C31H31NO/c1-23(22-33)30(21-20-24-12-4-2-5-13-24)32-31(25-14-6-3-7-15-25)28-18-10-8-16-26(28)27-17-9-11-19-29(27)31/h2-19,23,30,32-33H,20-22H2,1H3/t23-,30-/m0/s1. The van der Waals surface area contributed by atoms with Gasteiger partial charge in [0.05, 0.1) is 5.54 Å². The number of aliphatic hydroxyl groups excluding tert-OH is 1. The molecule has 0 unspecified atom stereocenters. The smallest absolute Gasteiger partial charge is 0.0962 e. The lowest BCUT2D eigenvalue weighted by Gasteiger charge is -2.39. The number of nitrogens with one attached hydrogen (secondary N) is 1. The van der Waals surface area contributed by atoms with E-state index in [1.54, 1.807) is 0 Å². The minimum atomic E-state index is -0.459. The Bertz CT molecular complexity index is 1160. The first-order valence-corrected chi connectivity index (χ1v) is 11.9. The molecule has 0 heterocycles. The minimum absolute atomic E-state index is 0.120. The zero-order valence-electron chi connectivity index (χ0n) is 19.1. The van der Waals surface area contributed by atoms with Gasteiger partial charge in [0.15, 0.2) is 0 Å². The van der Waals surface area contributed by atoms with Crippen LogP contribution in [0, 0.1) is 5.92 Å². The van der Waals surface area contributed by atoms with Crippen LogP contribution in [-0.4, -0.2) is 17.8 Å². The first-order valence-electron chi connectivity index (χ1n) is 11.9. The third-order valence-corrected chi connectivity index (χ3v) is 7.12. The molecule has 0 spiro atoms. The normalized spacial score (nSPS) is 15.5. The highest BCUT2D eigenvalue weighted by Crippen LogP contribution is 2.51. The molecule has 0 saturated carbocycles. The summed E-state index contributed by atoms with van der Waals surface area (Å²) in [7, 11) is 0. The van der Waals surface area contributed by atoms with Crippen LogP contribution in [0.4, 0.5) is 0 Å². The quantitative estimate of drug-likeness (QED) is 0.348. The van der Waals surface area contributed by atoms with Crippen molar-refractivity contribution in [1.29, 1.82) is 0 Å². The van der Waals surface area contributed by atoms with E-state index in [-0.39, 0.29) is 18.6 Å². The van der Waals surface area contributed by atoms with Crippen molar-refractivity contribution in [3.05, 3.63) is 131 Å². The van der Waals surface area contributed by atoms with Crippen LogP contribution in [0.25, 0.3) is 11.1 Å². The van der Waals surface area contributed by atoms with Crippen molar-refractivity contribution in [2.45, 2.75) is 31.3 Å². The van der Waals surface area contributed by atoms with Gasteiger partial charge in [0.1, 0.15) is 0 Å². The van der Waals surface area contributed by atoms with Gasteiger partial charge in [0, 0.05) is 12.6 Å². The molecular formula is C31H31NO. The lowest BCUT2D eigenvalue weighted by Crippen LogP contribution is -2.51. The summed E-state index contributed by atoms with van der Waals surface area (Å²) < 4.78 is 0. The molecule has 166 valence electrons. The van der Waals surface area contributed by atoms with Gasteiger partial charge >= 0.3 is 0 Å². The molecule has 0 fully saturated rings. The van der Waals surface area contributed by atoms with Crippen LogP contribution in [0.15, 0.2) is 109 Å². The lowest BCUT2D eigenvalue weighted by atomic mass is 9.78. The molecule has 4 aromatic rings. The second-order valence-electron chi connectivity index (χ2n) is 9.14. The molecule has 2 atom stereocenters. The van der Waals surface area contributed by atoms with Gasteiger partial charge in [-0.05, 0) is 52.1 Å². The summed E-state index contributed by atoms with van der Waals surface area (Å²) in [6.07, 6.45) is 1.92. The molecule has 4 aromatic carbocycles. The van der Waals surface area contributed by atoms with Gasteiger partial charge in [-0.2, -0.15) is 0 Å². The first kappa shape index (κ1) is 21.6. The van der Waals surface area contributed by atoms with Gasteiger partial charge in [0.25, 0.3) is 0 Å². The summed E-state index contributed by atoms with van der Waals surface area (Å²) in [5, 5.41) is 14.3. The van der Waals surface area contributed by atoms with E-state index in [1.165, 1.54) is 33.4 Å². The fraction of sp³-hybridized carbons (Fsp3) is 0.226. The minimum Gasteiger partial charge on any atom is -0.396 e. The number of hydrogen-bond donors (Lipinski definition) is 2. The molecule has 0 saturated heterocycles. The molecule has 0 bridgehead atoms. The molecule has 5 rings (SSSR count). The average Bonchev–Trinajstić information content (AvgIpc) is 3.18. The van der Waals surface area contributed by atoms with E-state index in [4.69, 9.17) is 0 Å². The van der Waals surface area contributed by atoms with E-state index >= 15 is 0 Å². The van der Waals surface area contributed by atoms with E-state index < -0.39 is 5.54 Å². The van der Waals surface area contributed by atoms with Crippen LogP contribution in [0.3, 0.4) is 0 Å². The van der Waals surface area contributed by atoms with Gasteiger partial charge in [-0.15, -0.1) is 0 Å². The SMILES string of the molecule is C[C@@H](CO)[C@H](CCc1ccccc1)NC1(c2ccccc2)c2ccccc2-c2ccccc21. The molecule has 0 amide bonds. The van der Waals surface area contributed by atoms with Crippen molar-refractivity contribution >= 4 is 0 Å². The summed E-state index contributed by atoms with van der Waals surface area (Å²) in [6.45, 7) is 2.30. The van der Waals surface area contributed by atoms with Gasteiger partial charge < -0.3 is 5.11 Å². The summed E-state index contributed by atoms with van der Waals surface area (Å²) >= 11 is 0. The molecule has 1 aliphatic carbocycles. The van der Waals surface area contributed by atoms with Crippen molar-refractivity contribution in [2.75, 3.05) is 6.61 Å². The molecule has 2 nitrogen and oxygen atoms in total. The van der Waals surface area contributed by atoms with Crippen molar-refractivity contribution in [2.24, 2.45) is 5.92 Å². The number of aliphatic hydroxyl groups is 1. The molecule has 2 heteroatoms. The Kier molecular flexibility index (Phi) is 6.13. The Morgan fingerprint density at radius 2 is 1.21 bits per heavy atom. The van der Waals surface area contributed by atoms with Gasteiger partial charge in [-0.1, -0.05) is 116 Å². The topological polar surface area (TPSA) is 32.3 Å². The predicted molar refractivity (Wildman–Crippen MR) is 136 cm³/mol. The predicted octanol–water partition coefficient (Wildman–Crippen LogP) is 6.18. The third-order valence-electron chi connectivity index (χ3n) is 7.12. The summed E-state index contributed by atoms with van der Waals surface area (Å²) in [5.41, 5.74) is 7.23. The van der Waals surface area contributed by atoms with Crippen LogP contribution in [-0.2, 0) is 12.0 Å². The van der Waals surface area contributed by atoms with Gasteiger partial charge in [-0.3, -0.25) is 5.32 Å². The zero-order chi connectivity index (χ0) is 22.7. The number of aryl methyl sites for hydroxylation is 1. The van der Waals surface area contributed by atoms with Crippen LogP contribution in [0.5, 0.6) is 0 Å². The maximum absolute atomic E-state index is 10.2. The average molecular weight is 434 g/mol. The highest BCUT2D eigenvalue weighted by Gasteiger charge is 2.45. The lowest BCUT2D eigenvalue weighted by molar-refractivity contribution is 0.183. The van der Waals surface area contributed by atoms with Crippen molar-refractivity contribution in [3.63, 3.8) is 0 Å².